The summed E-state index contributed by atoms with van der Waals surface area (Å²) >= 11 is 0. The lowest BCUT2D eigenvalue weighted by molar-refractivity contribution is -0.269. The van der Waals surface area contributed by atoms with Crippen molar-refractivity contribution in [3.63, 3.8) is 0 Å². The first-order valence-electron chi connectivity index (χ1n) is 5.39. The molecule has 0 spiro atoms. The third kappa shape index (κ3) is 1.99. The van der Waals surface area contributed by atoms with Crippen LogP contribution in [0.4, 0.5) is 5.82 Å². The van der Waals surface area contributed by atoms with E-state index in [-0.39, 0.29) is 12.2 Å². The molecule has 8 nitrogen and oxygen atoms in total. The maximum atomic E-state index is 11.6. The lowest BCUT2D eigenvalue weighted by Gasteiger charge is -2.28. The molecule has 1 aromatic rings. The molecule has 100 valence electrons. The van der Waals surface area contributed by atoms with Crippen molar-refractivity contribution in [2.24, 2.45) is 0 Å². The highest BCUT2D eigenvalue weighted by Gasteiger charge is 2.49. The van der Waals surface area contributed by atoms with E-state index in [4.69, 9.17) is 15.2 Å². The number of methoxy groups -OCH3 is 1. The second-order valence-electron chi connectivity index (χ2n) is 4.04. The zero-order valence-corrected chi connectivity index (χ0v) is 9.81. The Hall–Kier alpha value is -1.48. The van der Waals surface area contributed by atoms with Gasteiger partial charge in [0, 0.05) is 19.7 Å². The molecule has 2 rings (SSSR count). The van der Waals surface area contributed by atoms with E-state index in [0.717, 1.165) is 0 Å². The van der Waals surface area contributed by atoms with Crippen molar-refractivity contribution in [3.8, 4) is 0 Å². The van der Waals surface area contributed by atoms with Crippen molar-refractivity contribution in [1.29, 1.82) is 0 Å². The van der Waals surface area contributed by atoms with Gasteiger partial charge in [-0.25, -0.2) is 4.79 Å². The van der Waals surface area contributed by atoms with Crippen LogP contribution in [0.2, 0.25) is 0 Å². The quantitative estimate of drug-likeness (QED) is 0.599. The Kier molecular flexibility index (Phi) is 3.35. The zero-order chi connectivity index (χ0) is 13.3. The molecule has 0 saturated carbocycles. The summed E-state index contributed by atoms with van der Waals surface area (Å²) in [6.07, 6.45) is -0.264. The minimum absolute atomic E-state index is 0.106. The highest BCUT2D eigenvalue weighted by molar-refractivity contribution is 5.23. The molecule has 0 aromatic carbocycles. The van der Waals surface area contributed by atoms with Crippen LogP contribution in [0.5, 0.6) is 0 Å². The number of hydrogen-bond acceptors (Lipinski definition) is 7. The minimum atomic E-state index is -1.51. The molecule has 1 saturated heterocycles. The second kappa shape index (κ2) is 4.65. The molecular formula is C10H15N3O5. The molecule has 0 bridgehead atoms. The third-order valence-electron chi connectivity index (χ3n) is 3.00. The summed E-state index contributed by atoms with van der Waals surface area (Å²) < 4.78 is 11.6. The summed E-state index contributed by atoms with van der Waals surface area (Å²) in [6, 6.07) is 1.45. The molecule has 3 atom stereocenters. The smallest absolute Gasteiger partial charge is 0.351 e. The first-order chi connectivity index (χ1) is 8.52. The van der Waals surface area contributed by atoms with E-state index in [9.17, 15) is 15.0 Å². The van der Waals surface area contributed by atoms with E-state index in [1.807, 2.05) is 0 Å². The minimum Gasteiger partial charge on any atom is -0.391 e. The normalized spacial score (nSPS) is 31.7. The van der Waals surface area contributed by atoms with Gasteiger partial charge in [-0.3, -0.25) is 4.57 Å². The molecule has 2 heterocycles. The molecule has 1 aliphatic heterocycles. The number of ether oxygens (including phenoxy) is 2. The fraction of sp³-hybridized carbons (Fsp3) is 0.600. The Morgan fingerprint density at radius 1 is 1.78 bits per heavy atom. The van der Waals surface area contributed by atoms with Crippen LogP contribution in [0.1, 0.15) is 12.6 Å². The average molecular weight is 257 g/mol. The van der Waals surface area contributed by atoms with Crippen LogP contribution < -0.4 is 11.4 Å². The number of anilines is 1. The molecule has 18 heavy (non-hydrogen) atoms. The summed E-state index contributed by atoms with van der Waals surface area (Å²) in [5, 5.41) is 19.1. The van der Waals surface area contributed by atoms with Crippen LogP contribution in [0, 0.1) is 0 Å². The summed E-state index contributed by atoms with van der Waals surface area (Å²) in [5.41, 5.74) is 4.79. The number of nitrogens with two attached hydrogens (primary N) is 1. The molecule has 8 heteroatoms. The van der Waals surface area contributed by atoms with E-state index in [1.54, 1.807) is 0 Å². The zero-order valence-electron chi connectivity index (χ0n) is 9.81. The number of nitrogen functional groups attached to an aromatic ring is 1. The van der Waals surface area contributed by atoms with E-state index in [2.05, 4.69) is 4.98 Å². The monoisotopic (exact) mass is 257 g/mol. The molecule has 1 aromatic heterocycles. The molecule has 1 aliphatic rings. The van der Waals surface area contributed by atoms with Crippen LogP contribution in [0.15, 0.2) is 17.1 Å². The SMILES string of the molecule is COC1(CO)OC(n2ccc(N)nc2=O)CC1O. The van der Waals surface area contributed by atoms with Gasteiger partial charge in [0.1, 0.15) is 18.1 Å². The first kappa shape index (κ1) is 13.0. The predicted molar refractivity (Wildman–Crippen MR) is 60.5 cm³/mol. The number of rotatable bonds is 3. The molecule has 1 fully saturated rings. The summed E-state index contributed by atoms with van der Waals surface area (Å²) in [4.78, 5) is 15.2. The van der Waals surface area contributed by atoms with Crippen molar-refractivity contribution in [2.45, 2.75) is 24.5 Å². The second-order valence-corrected chi connectivity index (χ2v) is 4.04. The van der Waals surface area contributed by atoms with Gasteiger partial charge in [0.15, 0.2) is 0 Å². The maximum absolute atomic E-state index is 11.6. The van der Waals surface area contributed by atoms with Gasteiger partial charge >= 0.3 is 5.69 Å². The van der Waals surface area contributed by atoms with Crippen LogP contribution in [-0.2, 0) is 9.47 Å². The number of aliphatic hydroxyl groups excluding tert-OH is 2. The standard InChI is InChI=1S/C10H15N3O5/c1-17-10(5-14)6(15)4-8(18-10)13-3-2-7(11)12-9(13)16/h2-3,6,8,14-15H,4-5H2,1H3,(H2,11,12,16). The van der Waals surface area contributed by atoms with Gasteiger partial charge in [0.25, 0.3) is 0 Å². The molecule has 3 unspecified atom stereocenters. The van der Waals surface area contributed by atoms with Crippen LogP contribution in [0.25, 0.3) is 0 Å². The van der Waals surface area contributed by atoms with E-state index in [0.29, 0.717) is 0 Å². The number of aromatic nitrogens is 2. The molecule has 0 amide bonds. The lowest BCUT2D eigenvalue weighted by atomic mass is 10.1. The van der Waals surface area contributed by atoms with Gasteiger partial charge < -0.3 is 25.4 Å². The summed E-state index contributed by atoms with van der Waals surface area (Å²) in [7, 11) is 1.31. The van der Waals surface area contributed by atoms with Crippen LogP contribution in [0.3, 0.4) is 0 Å². The lowest BCUT2D eigenvalue weighted by Crippen LogP contribution is -2.45. The Bertz CT molecular complexity index is 485. The average Bonchev–Trinajstić information content (AvgIpc) is 2.67. The largest absolute Gasteiger partial charge is 0.391 e. The van der Waals surface area contributed by atoms with Gasteiger partial charge in [-0.15, -0.1) is 0 Å². The van der Waals surface area contributed by atoms with Gasteiger partial charge in [-0.2, -0.15) is 4.98 Å². The Balaban J connectivity index is 2.30. The predicted octanol–water partition coefficient (Wildman–Crippen LogP) is -1.56. The molecule has 0 aliphatic carbocycles. The van der Waals surface area contributed by atoms with E-state index < -0.39 is 30.4 Å². The van der Waals surface area contributed by atoms with Gasteiger partial charge in [0.2, 0.25) is 5.79 Å². The fourth-order valence-corrected chi connectivity index (χ4v) is 1.93. The number of aliphatic hydroxyl groups is 2. The van der Waals surface area contributed by atoms with Crippen LogP contribution >= 0.6 is 0 Å². The molecule has 4 N–H and O–H groups in total. The van der Waals surface area contributed by atoms with Crippen molar-refractivity contribution in [2.75, 3.05) is 19.5 Å². The Morgan fingerprint density at radius 2 is 2.50 bits per heavy atom. The maximum Gasteiger partial charge on any atom is 0.351 e. The number of nitrogens with zero attached hydrogens (tertiary/aromatic N) is 2. The Labute approximate surface area is 103 Å². The first-order valence-corrected chi connectivity index (χ1v) is 5.39. The highest BCUT2D eigenvalue weighted by atomic mass is 16.7. The number of hydrogen-bond donors (Lipinski definition) is 3. The fourth-order valence-electron chi connectivity index (χ4n) is 1.93. The van der Waals surface area contributed by atoms with Gasteiger partial charge in [0.05, 0.1) is 6.61 Å². The highest BCUT2D eigenvalue weighted by Crippen LogP contribution is 2.36. The Morgan fingerprint density at radius 3 is 3.00 bits per heavy atom. The van der Waals surface area contributed by atoms with E-state index >= 15 is 0 Å². The van der Waals surface area contributed by atoms with Crippen molar-refractivity contribution < 1.29 is 19.7 Å². The van der Waals surface area contributed by atoms with Crippen molar-refractivity contribution in [1.82, 2.24) is 9.55 Å². The van der Waals surface area contributed by atoms with Crippen molar-refractivity contribution in [3.05, 3.63) is 22.7 Å². The molecular weight excluding hydrogens is 242 g/mol. The topological polar surface area (TPSA) is 120 Å². The summed E-state index contributed by atoms with van der Waals surface area (Å²) in [5.74, 6) is -1.40. The van der Waals surface area contributed by atoms with Crippen molar-refractivity contribution >= 4 is 5.82 Å². The van der Waals surface area contributed by atoms with E-state index in [1.165, 1.54) is 23.9 Å². The van der Waals surface area contributed by atoms with Gasteiger partial charge in [-0.1, -0.05) is 0 Å². The van der Waals surface area contributed by atoms with Gasteiger partial charge in [-0.05, 0) is 6.07 Å². The summed E-state index contributed by atoms with van der Waals surface area (Å²) in [6.45, 7) is -0.516. The third-order valence-corrected chi connectivity index (χ3v) is 3.00. The van der Waals surface area contributed by atoms with Crippen LogP contribution in [-0.4, -0.2) is 45.4 Å². The molecule has 0 radical (unpaired) electrons.